The van der Waals surface area contributed by atoms with Gasteiger partial charge in [-0.25, -0.2) is 18.2 Å². The number of halogens is 3. The van der Waals surface area contributed by atoms with E-state index in [1.54, 1.807) is 19.1 Å². The van der Waals surface area contributed by atoms with Crippen molar-refractivity contribution < 1.29 is 13.2 Å². The van der Waals surface area contributed by atoms with Gasteiger partial charge in [-0.3, -0.25) is 0 Å². The Morgan fingerprint density at radius 1 is 1.15 bits per heavy atom. The van der Waals surface area contributed by atoms with Crippen molar-refractivity contribution in [3.8, 4) is 0 Å². The number of nitrogens with two attached hydrogens (primary N) is 1. The molecule has 0 aliphatic carbocycles. The van der Waals surface area contributed by atoms with Gasteiger partial charge in [0.1, 0.15) is 10.8 Å². The molecule has 104 valence electrons. The second kappa shape index (κ2) is 5.46. The summed E-state index contributed by atoms with van der Waals surface area (Å²) in [5, 5.41) is 2.57. The summed E-state index contributed by atoms with van der Waals surface area (Å²) in [6.07, 6.45) is 0. The van der Waals surface area contributed by atoms with Crippen LogP contribution < -0.4 is 11.1 Å². The fourth-order valence-corrected chi connectivity index (χ4v) is 1.77. The maximum Gasteiger partial charge on any atom is 0.196 e. The smallest absolute Gasteiger partial charge is 0.196 e. The standard InChI is InChI=1S/C13H10F3N3S/c1-6-2-3-7(12(17)20)13(18-6)19-9-5-4-8(14)10(15)11(9)16/h2-5H,1H3,(H2,17,20)(H,18,19). The van der Waals surface area contributed by atoms with Crippen molar-refractivity contribution in [3.63, 3.8) is 0 Å². The SMILES string of the molecule is Cc1ccc(C(N)=S)c(Nc2ccc(F)c(F)c2F)n1. The fraction of sp³-hybridized carbons (Fsp3) is 0.0769. The van der Waals surface area contributed by atoms with Gasteiger partial charge in [0.25, 0.3) is 0 Å². The summed E-state index contributed by atoms with van der Waals surface area (Å²) >= 11 is 4.86. The number of nitrogens with one attached hydrogen (secondary N) is 1. The summed E-state index contributed by atoms with van der Waals surface area (Å²) < 4.78 is 39.7. The van der Waals surface area contributed by atoms with E-state index in [0.717, 1.165) is 12.1 Å². The molecule has 0 saturated carbocycles. The lowest BCUT2D eigenvalue weighted by Gasteiger charge is -2.12. The molecule has 0 aliphatic rings. The van der Waals surface area contributed by atoms with Gasteiger partial charge in [-0.15, -0.1) is 0 Å². The van der Waals surface area contributed by atoms with Crippen molar-refractivity contribution >= 4 is 28.7 Å². The highest BCUT2D eigenvalue weighted by molar-refractivity contribution is 7.80. The molecule has 1 heterocycles. The Hall–Kier alpha value is -2.15. The Labute approximate surface area is 118 Å². The molecule has 0 saturated heterocycles. The molecule has 1 aromatic heterocycles. The number of thiocarbonyl (C=S) groups is 1. The van der Waals surface area contributed by atoms with Gasteiger partial charge in [0.05, 0.1) is 11.3 Å². The zero-order chi connectivity index (χ0) is 14.9. The van der Waals surface area contributed by atoms with Crippen LogP contribution in [-0.4, -0.2) is 9.97 Å². The van der Waals surface area contributed by atoms with E-state index in [4.69, 9.17) is 18.0 Å². The molecule has 1 aromatic carbocycles. The summed E-state index contributed by atoms with van der Waals surface area (Å²) in [4.78, 5) is 4.18. The van der Waals surface area contributed by atoms with Crippen LogP contribution in [0.1, 0.15) is 11.3 Å². The fourth-order valence-electron chi connectivity index (χ4n) is 1.60. The van der Waals surface area contributed by atoms with E-state index >= 15 is 0 Å². The van der Waals surface area contributed by atoms with Crippen molar-refractivity contribution in [1.29, 1.82) is 0 Å². The van der Waals surface area contributed by atoms with Crippen LogP contribution in [0.25, 0.3) is 0 Å². The van der Waals surface area contributed by atoms with Crippen molar-refractivity contribution in [3.05, 3.63) is 53.0 Å². The molecule has 2 aromatic rings. The highest BCUT2D eigenvalue weighted by Crippen LogP contribution is 2.24. The Morgan fingerprint density at radius 2 is 1.85 bits per heavy atom. The van der Waals surface area contributed by atoms with Crippen molar-refractivity contribution in [1.82, 2.24) is 4.98 Å². The molecule has 0 spiro atoms. The third-order valence-corrected chi connectivity index (χ3v) is 2.81. The molecule has 2 rings (SSSR count). The first-order valence-corrected chi connectivity index (χ1v) is 5.99. The molecule has 3 N–H and O–H groups in total. The second-order valence-electron chi connectivity index (χ2n) is 4.06. The largest absolute Gasteiger partial charge is 0.389 e. The van der Waals surface area contributed by atoms with Gasteiger partial charge in [0.2, 0.25) is 0 Å². The molecule has 0 aliphatic heterocycles. The number of aryl methyl sites for hydroxylation is 1. The number of hydrogen-bond acceptors (Lipinski definition) is 3. The van der Waals surface area contributed by atoms with Crippen LogP contribution in [0.15, 0.2) is 24.3 Å². The molecule has 0 radical (unpaired) electrons. The number of hydrogen-bond donors (Lipinski definition) is 2. The minimum Gasteiger partial charge on any atom is -0.389 e. The van der Waals surface area contributed by atoms with Gasteiger partial charge < -0.3 is 11.1 Å². The summed E-state index contributed by atoms with van der Waals surface area (Å²) in [6, 6.07) is 5.18. The van der Waals surface area contributed by atoms with Crippen LogP contribution in [0.2, 0.25) is 0 Å². The lowest BCUT2D eigenvalue weighted by atomic mass is 10.2. The van der Waals surface area contributed by atoms with Crippen molar-refractivity contribution in [2.45, 2.75) is 6.92 Å². The first kappa shape index (κ1) is 14.3. The zero-order valence-electron chi connectivity index (χ0n) is 10.4. The minimum absolute atomic E-state index is 0.0583. The summed E-state index contributed by atoms with van der Waals surface area (Å²) in [5.41, 5.74) is 6.30. The molecule has 0 unspecified atom stereocenters. The van der Waals surface area contributed by atoms with E-state index in [-0.39, 0.29) is 16.5 Å². The number of benzene rings is 1. The molecule has 3 nitrogen and oxygen atoms in total. The van der Waals surface area contributed by atoms with E-state index < -0.39 is 17.5 Å². The number of pyridine rings is 1. The second-order valence-corrected chi connectivity index (χ2v) is 4.50. The first-order chi connectivity index (χ1) is 9.40. The van der Waals surface area contributed by atoms with Crippen molar-refractivity contribution in [2.75, 3.05) is 5.32 Å². The van der Waals surface area contributed by atoms with Crippen LogP contribution >= 0.6 is 12.2 Å². The van der Waals surface area contributed by atoms with Gasteiger partial charge in [0, 0.05) is 5.69 Å². The normalized spacial score (nSPS) is 10.4. The predicted octanol–water partition coefficient (Wildman–Crippen LogP) is 3.19. The third kappa shape index (κ3) is 2.72. The lowest BCUT2D eigenvalue weighted by Crippen LogP contribution is -2.14. The predicted molar refractivity (Wildman–Crippen MR) is 74.5 cm³/mol. The molecule has 0 atom stereocenters. The average molecular weight is 297 g/mol. The Morgan fingerprint density at radius 3 is 2.50 bits per heavy atom. The Balaban J connectivity index is 2.47. The van der Waals surface area contributed by atoms with Gasteiger partial charge in [-0.1, -0.05) is 12.2 Å². The number of rotatable bonds is 3. The van der Waals surface area contributed by atoms with Gasteiger partial charge in [-0.05, 0) is 31.2 Å². The summed E-state index contributed by atoms with van der Waals surface area (Å²) in [5.74, 6) is -3.97. The molecular weight excluding hydrogens is 287 g/mol. The van der Waals surface area contributed by atoms with E-state index in [1.165, 1.54) is 0 Å². The van der Waals surface area contributed by atoms with Crippen molar-refractivity contribution in [2.24, 2.45) is 5.73 Å². The number of aromatic nitrogens is 1. The number of anilines is 2. The Kier molecular flexibility index (Phi) is 3.89. The number of nitrogens with zero attached hydrogens (tertiary/aromatic N) is 1. The van der Waals surface area contributed by atoms with Crippen LogP contribution in [0.3, 0.4) is 0 Å². The average Bonchev–Trinajstić information content (AvgIpc) is 2.39. The zero-order valence-corrected chi connectivity index (χ0v) is 11.2. The third-order valence-electron chi connectivity index (χ3n) is 2.59. The van der Waals surface area contributed by atoms with Gasteiger partial charge in [-0.2, -0.15) is 0 Å². The Bertz CT molecular complexity index is 689. The highest BCUT2D eigenvalue weighted by Gasteiger charge is 2.15. The van der Waals surface area contributed by atoms with Crippen LogP contribution in [0.5, 0.6) is 0 Å². The molecule has 0 fully saturated rings. The van der Waals surface area contributed by atoms with Crippen LogP contribution in [0.4, 0.5) is 24.7 Å². The highest BCUT2D eigenvalue weighted by atomic mass is 32.1. The van der Waals surface area contributed by atoms with Crippen LogP contribution in [0, 0.1) is 24.4 Å². The molecule has 0 amide bonds. The minimum atomic E-state index is -1.56. The van der Waals surface area contributed by atoms with E-state index in [2.05, 4.69) is 10.3 Å². The quantitative estimate of drug-likeness (QED) is 0.675. The van der Waals surface area contributed by atoms with E-state index in [1.807, 2.05) is 0 Å². The molecule has 20 heavy (non-hydrogen) atoms. The van der Waals surface area contributed by atoms with Crippen LogP contribution in [-0.2, 0) is 0 Å². The molecule has 0 bridgehead atoms. The van der Waals surface area contributed by atoms with E-state index in [9.17, 15) is 13.2 Å². The lowest BCUT2D eigenvalue weighted by molar-refractivity contribution is 0.449. The van der Waals surface area contributed by atoms with E-state index in [0.29, 0.717) is 11.3 Å². The summed E-state index contributed by atoms with van der Waals surface area (Å²) in [6.45, 7) is 1.72. The van der Waals surface area contributed by atoms with Gasteiger partial charge >= 0.3 is 0 Å². The maximum atomic E-state index is 13.6. The monoisotopic (exact) mass is 297 g/mol. The molecular formula is C13H10F3N3S. The van der Waals surface area contributed by atoms with Gasteiger partial charge in [0.15, 0.2) is 17.5 Å². The maximum absolute atomic E-state index is 13.6. The topological polar surface area (TPSA) is 50.9 Å². The first-order valence-electron chi connectivity index (χ1n) is 5.58. The summed E-state index contributed by atoms with van der Waals surface area (Å²) in [7, 11) is 0. The molecule has 7 heteroatoms.